The van der Waals surface area contributed by atoms with Crippen molar-refractivity contribution in [2.75, 3.05) is 0 Å². The molecule has 0 aromatic carbocycles. The van der Waals surface area contributed by atoms with Crippen LogP contribution in [0.1, 0.15) is 65.7 Å². The van der Waals surface area contributed by atoms with Gasteiger partial charge in [0.15, 0.2) is 0 Å². The van der Waals surface area contributed by atoms with Crippen molar-refractivity contribution in [3.63, 3.8) is 0 Å². The molecular formula is C22H31F. The Kier molecular flexibility index (Phi) is 4.67. The summed E-state index contributed by atoms with van der Waals surface area (Å²) in [6.07, 6.45) is 13.7. The fourth-order valence-corrected chi connectivity index (χ4v) is 5.15. The van der Waals surface area contributed by atoms with Gasteiger partial charge >= 0.3 is 0 Å². The van der Waals surface area contributed by atoms with Gasteiger partial charge in [0.05, 0.1) is 0 Å². The maximum Gasteiger partial charge on any atom is 0.125 e. The molecule has 3 atom stereocenters. The summed E-state index contributed by atoms with van der Waals surface area (Å²) in [5.41, 5.74) is 5.44. The van der Waals surface area contributed by atoms with Gasteiger partial charge in [0.2, 0.25) is 0 Å². The SMILES string of the molecule is C=C1/C(=C\C=C2/CCC[C@]3(C)C(C(C)C)=CCC23)CCC[C@@H]1F. The van der Waals surface area contributed by atoms with Crippen LogP contribution in [-0.4, -0.2) is 6.17 Å². The smallest absolute Gasteiger partial charge is 0.125 e. The monoisotopic (exact) mass is 314 g/mol. The number of hydrogen-bond acceptors (Lipinski definition) is 0. The Morgan fingerprint density at radius 2 is 2.04 bits per heavy atom. The molecule has 0 radical (unpaired) electrons. The molecule has 1 unspecified atom stereocenters. The molecule has 2 saturated carbocycles. The Hall–Kier alpha value is -1.11. The molecule has 0 aliphatic heterocycles. The molecule has 1 heteroatoms. The van der Waals surface area contributed by atoms with Crippen molar-refractivity contribution < 1.29 is 4.39 Å². The van der Waals surface area contributed by atoms with E-state index in [2.05, 4.69) is 45.6 Å². The van der Waals surface area contributed by atoms with Gasteiger partial charge in [-0.15, -0.1) is 0 Å². The highest BCUT2D eigenvalue weighted by Gasteiger charge is 2.45. The Labute approximate surface area is 141 Å². The highest BCUT2D eigenvalue weighted by atomic mass is 19.1. The molecule has 0 N–H and O–H groups in total. The zero-order valence-corrected chi connectivity index (χ0v) is 15.0. The van der Waals surface area contributed by atoms with Crippen molar-refractivity contribution >= 4 is 0 Å². The lowest BCUT2D eigenvalue weighted by Crippen LogP contribution is -2.32. The fraction of sp³-hybridized carbons (Fsp3) is 0.636. The van der Waals surface area contributed by atoms with Gasteiger partial charge < -0.3 is 0 Å². The first-order valence-corrected chi connectivity index (χ1v) is 9.37. The van der Waals surface area contributed by atoms with E-state index in [1.807, 2.05) is 0 Å². The van der Waals surface area contributed by atoms with Crippen LogP contribution in [0.25, 0.3) is 0 Å². The largest absolute Gasteiger partial charge is 0.242 e. The number of halogens is 1. The lowest BCUT2D eigenvalue weighted by Gasteiger charge is -2.42. The predicted molar refractivity (Wildman–Crippen MR) is 97.0 cm³/mol. The summed E-state index contributed by atoms with van der Waals surface area (Å²) >= 11 is 0. The van der Waals surface area contributed by atoms with Crippen molar-refractivity contribution in [1.29, 1.82) is 0 Å². The van der Waals surface area contributed by atoms with Gasteiger partial charge in [-0.3, -0.25) is 0 Å². The molecular weight excluding hydrogens is 283 g/mol. The topological polar surface area (TPSA) is 0 Å². The Morgan fingerprint density at radius 3 is 2.78 bits per heavy atom. The van der Waals surface area contributed by atoms with Crippen molar-refractivity contribution in [2.45, 2.75) is 71.9 Å². The first-order valence-electron chi connectivity index (χ1n) is 9.37. The van der Waals surface area contributed by atoms with Crippen LogP contribution in [0.5, 0.6) is 0 Å². The van der Waals surface area contributed by atoms with Crippen LogP contribution in [0.4, 0.5) is 4.39 Å². The zero-order chi connectivity index (χ0) is 16.6. The molecule has 0 heterocycles. The molecule has 3 aliphatic carbocycles. The van der Waals surface area contributed by atoms with Crippen molar-refractivity contribution in [3.8, 4) is 0 Å². The lowest BCUT2D eigenvalue weighted by molar-refractivity contribution is 0.220. The highest BCUT2D eigenvalue weighted by molar-refractivity contribution is 5.39. The van der Waals surface area contributed by atoms with Crippen molar-refractivity contribution in [2.24, 2.45) is 17.3 Å². The summed E-state index contributed by atoms with van der Waals surface area (Å²) in [5, 5.41) is 0. The third-order valence-electron chi connectivity index (χ3n) is 6.43. The van der Waals surface area contributed by atoms with Gasteiger partial charge in [0, 0.05) is 0 Å². The molecule has 3 aliphatic rings. The lowest BCUT2D eigenvalue weighted by atomic mass is 9.62. The van der Waals surface area contributed by atoms with Gasteiger partial charge in [-0.05, 0) is 73.3 Å². The molecule has 0 nitrogen and oxygen atoms in total. The van der Waals surface area contributed by atoms with E-state index in [1.165, 1.54) is 25.7 Å². The third kappa shape index (κ3) is 2.99. The van der Waals surface area contributed by atoms with E-state index in [9.17, 15) is 4.39 Å². The number of rotatable bonds is 2. The molecule has 23 heavy (non-hydrogen) atoms. The molecule has 0 saturated heterocycles. The second kappa shape index (κ2) is 6.42. The third-order valence-corrected chi connectivity index (χ3v) is 6.43. The normalized spacial score (nSPS) is 38.3. The molecule has 0 amide bonds. The summed E-state index contributed by atoms with van der Waals surface area (Å²) in [7, 11) is 0. The highest BCUT2D eigenvalue weighted by Crippen LogP contribution is 2.56. The van der Waals surface area contributed by atoms with Crippen LogP contribution in [0, 0.1) is 17.3 Å². The molecule has 2 fully saturated rings. The Bertz CT molecular complexity index is 575. The van der Waals surface area contributed by atoms with Crippen molar-refractivity contribution in [1.82, 2.24) is 0 Å². The van der Waals surface area contributed by atoms with E-state index in [-0.39, 0.29) is 0 Å². The van der Waals surface area contributed by atoms with E-state index in [0.29, 0.717) is 23.7 Å². The maximum absolute atomic E-state index is 13.8. The Balaban J connectivity index is 1.83. The number of allylic oxidation sites excluding steroid dienone is 7. The fourth-order valence-electron chi connectivity index (χ4n) is 5.15. The summed E-state index contributed by atoms with van der Waals surface area (Å²) < 4.78 is 13.8. The minimum atomic E-state index is -0.828. The molecule has 3 rings (SSSR count). The van der Waals surface area contributed by atoms with Crippen LogP contribution in [0.15, 0.2) is 47.1 Å². The quantitative estimate of drug-likeness (QED) is 0.497. The number of alkyl halides is 1. The van der Waals surface area contributed by atoms with E-state index < -0.39 is 6.17 Å². The van der Waals surface area contributed by atoms with Crippen LogP contribution in [0.2, 0.25) is 0 Å². The van der Waals surface area contributed by atoms with E-state index in [1.54, 1.807) is 11.1 Å². The van der Waals surface area contributed by atoms with Crippen molar-refractivity contribution in [3.05, 3.63) is 47.1 Å². The van der Waals surface area contributed by atoms with Crippen LogP contribution in [0.3, 0.4) is 0 Å². The first kappa shape index (κ1) is 16.7. The number of fused-ring (bicyclic) bond motifs is 1. The first-order chi connectivity index (χ1) is 10.9. The van der Waals surface area contributed by atoms with Crippen LogP contribution in [-0.2, 0) is 0 Å². The van der Waals surface area contributed by atoms with Gasteiger partial charge in [-0.1, -0.05) is 56.7 Å². The Morgan fingerprint density at radius 1 is 1.26 bits per heavy atom. The molecule has 0 bridgehead atoms. The summed E-state index contributed by atoms with van der Waals surface area (Å²) in [5.74, 6) is 1.30. The van der Waals surface area contributed by atoms with E-state index >= 15 is 0 Å². The number of hydrogen-bond donors (Lipinski definition) is 0. The minimum Gasteiger partial charge on any atom is -0.242 e. The van der Waals surface area contributed by atoms with E-state index in [0.717, 1.165) is 24.0 Å². The summed E-state index contributed by atoms with van der Waals surface area (Å²) in [4.78, 5) is 0. The average Bonchev–Trinajstić information content (AvgIpc) is 2.86. The van der Waals surface area contributed by atoms with E-state index in [4.69, 9.17) is 0 Å². The second-order valence-electron chi connectivity index (χ2n) is 8.19. The maximum atomic E-state index is 13.8. The molecule has 126 valence electrons. The predicted octanol–water partition coefficient (Wildman–Crippen LogP) is 6.71. The summed E-state index contributed by atoms with van der Waals surface area (Å²) in [6.45, 7) is 11.1. The average molecular weight is 314 g/mol. The molecule has 0 aromatic heterocycles. The molecule has 0 aromatic rings. The van der Waals surface area contributed by atoms with Gasteiger partial charge in [-0.2, -0.15) is 0 Å². The van der Waals surface area contributed by atoms with Crippen LogP contribution >= 0.6 is 0 Å². The minimum absolute atomic E-state index is 0.350. The van der Waals surface area contributed by atoms with Gasteiger partial charge in [0.1, 0.15) is 6.17 Å². The second-order valence-corrected chi connectivity index (χ2v) is 8.19. The molecule has 0 spiro atoms. The van der Waals surface area contributed by atoms with Gasteiger partial charge in [0.25, 0.3) is 0 Å². The summed E-state index contributed by atoms with van der Waals surface area (Å²) in [6, 6.07) is 0. The van der Waals surface area contributed by atoms with Crippen LogP contribution < -0.4 is 0 Å². The zero-order valence-electron chi connectivity index (χ0n) is 15.0. The standard InChI is InChI=1S/C22H31F/c1-15(2)19-12-13-20-18(8-6-14-22(19,20)4)11-10-17-7-5-9-21(23)16(17)3/h10-12,15,20-21H,3,5-9,13-14H2,1-2,4H3/b17-10-,18-11+/t20?,21-,22+/m0/s1. The van der Waals surface area contributed by atoms with Gasteiger partial charge in [-0.25, -0.2) is 4.39 Å².